The normalized spacial score (nSPS) is 9.76. The highest BCUT2D eigenvalue weighted by Crippen LogP contribution is 2.28. The van der Waals surface area contributed by atoms with Crippen LogP contribution in [0, 0.1) is 11.3 Å². The molecule has 0 saturated carbocycles. The first kappa shape index (κ1) is 14.6. The van der Waals surface area contributed by atoms with Crippen molar-refractivity contribution >= 4 is 11.6 Å². The molecule has 21 heavy (non-hydrogen) atoms. The molecule has 0 amide bonds. The molecule has 1 aromatic carbocycles. The number of nitrogens with one attached hydrogen (secondary N) is 2. The Kier molecular flexibility index (Phi) is 4.94. The molecule has 0 spiro atoms. The number of anilines is 2. The van der Waals surface area contributed by atoms with Crippen LogP contribution in [0.1, 0.15) is 18.1 Å². The summed E-state index contributed by atoms with van der Waals surface area (Å²) in [4.78, 5) is 8.36. The maximum atomic E-state index is 8.78. The second kappa shape index (κ2) is 7.10. The lowest BCUT2D eigenvalue weighted by atomic mass is 10.1. The molecule has 2 N–H and O–H groups in total. The summed E-state index contributed by atoms with van der Waals surface area (Å²) in [6.07, 6.45) is 1.49. The molecule has 0 radical (unpaired) electrons. The van der Waals surface area contributed by atoms with Crippen molar-refractivity contribution in [2.24, 2.45) is 0 Å². The monoisotopic (exact) mass is 283 g/mol. The summed E-state index contributed by atoms with van der Waals surface area (Å²) in [6, 6.07) is 9.49. The van der Waals surface area contributed by atoms with Gasteiger partial charge in [-0.1, -0.05) is 12.1 Å². The third-order valence-corrected chi connectivity index (χ3v) is 2.90. The van der Waals surface area contributed by atoms with Gasteiger partial charge in [0.15, 0.2) is 11.6 Å². The minimum atomic E-state index is 0.588. The molecule has 1 aromatic heterocycles. The second-order valence-corrected chi connectivity index (χ2v) is 4.30. The van der Waals surface area contributed by atoms with E-state index in [4.69, 9.17) is 10.00 Å². The molecule has 0 aliphatic heterocycles. The first-order valence-corrected chi connectivity index (χ1v) is 6.64. The maximum absolute atomic E-state index is 8.78. The van der Waals surface area contributed by atoms with Crippen LogP contribution in [-0.2, 0) is 6.54 Å². The number of hydrogen-bond acceptors (Lipinski definition) is 6. The molecule has 0 aliphatic carbocycles. The van der Waals surface area contributed by atoms with E-state index < -0.39 is 0 Å². The molecule has 2 aromatic rings. The standard InChI is InChI=1S/C15H17N5O/c1-3-17-14-13(21-2)15(20-10-19-14)18-9-12-6-4-11(8-16)5-7-12/h4-7,10H,3,9H2,1-2H3,(H2,17,18,19,20). The molecule has 2 rings (SSSR count). The fourth-order valence-electron chi connectivity index (χ4n) is 1.87. The number of aromatic nitrogens is 2. The van der Waals surface area contributed by atoms with E-state index in [-0.39, 0.29) is 0 Å². The van der Waals surface area contributed by atoms with Crippen LogP contribution in [0.3, 0.4) is 0 Å². The lowest BCUT2D eigenvalue weighted by molar-refractivity contribution is 0.414. The summed E-state index contributed by atoms with van der Waals surface area (Å²) in [6.45, 7) is 3.33. The highest BCUT2D eigenvalue weighted by Gasteiger charge is 2.11. The predicted molar refractivity (Wildman–Crippen MR) is 81.2 cm³/mol. The summed E-state index contributed by atoms with van der Waals surface area (Å²) in [7, 11) is 1.59. The van der Waals surface area contributed by atoms with Gasteiger partial charge in [0.2, 0.25) is 5.75 Å². The number of nitriles is 1. The number of methoxy groups -OCH3 is 1. The zero-order valence-electron chi connectivity index (χ0n) is 12.1. The van der Waals surface area contributed by atoms with Crippen molar-refractivity contribution in [1.82, 2.24) is 9.97 Å². The highest BCUT2D eigenvalue weighted by molar-refractivity contribution is 5.63. The fraction of sp³-hybridized carbons (Fsp3) is 0.267. The van der Waals surface area contributed by atoms with Crippen molar-refractivity contribution in [3.8, 4) is 11.8 Å². The third kappa shape index (κ3) is 3.60. The molecule has 0 bridgehead atoms. The Bertz CT molecular complexity index is 634. The van der Waals surface area contributed by atoms with Crippen LogP contribution in [0.4, 0.5) is 11.6 Å². The van der Waals surface area contributed by atoms with Crippen molar-refractivity contribution in [3.63, 3.8) is 0 Å². The first-order chi connectivity index (χ1) is 10.3. The van der Waals surface area contributed by atoms with Crippen molar-refractivity contribution in [2.75, 3.05) is 24.3 Å². The Labute approximate surface area is 123 Å². The van der Waals surface area contributed by atoms with Crippen LogP contribution >= 0.6 is 0 Å². The average Bonchev–Trinajstić information content (AvgIpc) is 2.54. The molecule has 6 nitrogen and oxygen atoms in total. The number of rotatable bonds is 6. The average molecular weight is 283 g/mol. The summed E-state index contributed by atoms with van der Waals surface area (Å²) >= 11 is 0. The highest BCUT2D eigenvalue weighted by atomic mass is 16.5. The Morgan fingerprint density at radius 2 is 1.81 bits per heavy atom. The van der Waals surface area contributed by atoms with Gasteiger partial charge < -0.3 is 15.4 Å². The van der Waals surface area contributed by atoms with Crippen LogP contribution in [0.25, 0.3) is 0 Å². The van der Waals surface area contributed by atoms with E-state index in [1.807, 2.05) is 19.1 Å². The molecule has 0 unspecified atom stereocenters. The summed E-state index contributed by atoms with van der Waals surface area (Å²) in [5, 5.41) is 15.1. The minimum Gasteiger partial charge on any atom is -0.490 e. The third-order valence-electron chi connectivity index (χ3n) is 2.90. The zero-order chi connectivity index (χ0) is 15.1. The van der Waals surface area contributed by atoms with Crippen LogP contribution < -0.4 is 15.4 Å². The van der Waals surface area contributed by atoms with E-state index in [1.165, 1.54) is 6.33 Å². The van der Waals surface area contributed by atoms with Gasteiger partial charge in [-0.05, 0) is 24.6 Å². The van der Waals surface area contributed by atoms with E-state index >= 15 is 0 Å². The first-order valence-electron chi connectivity index (χ1n) is 6.64. The number of ether oxygens (including phenoxy) is 1. The van der Waals surface area contributed by atoms with E-state index in [2.05, 4.69) is 26.7 Å². The Hall–Kier alpha value is -2.81. The summed E-state index contributed by atoms with van der Waals surface area (Å²) < 4.78 is 5.36. The predicted octanol–water partition coefficient (Wildman–Crippen LogP) is 2.40. The minimum absolute atomic E-state index is 0.588. The SMILES string of the molecule is CCNc1ncnc(NCc2ccc(C#N)cc2)c1OC. The van der Waals surface area contributed by atoms with E-state index in [0.717, 1.165) is 12.1 Å². The second-order valence-electron chi connectivity index (χ2n) is 4.30. The van der Waals surface area contributed by atoms with Gasteiger partial charge in [0.1, 0.15) is 6.33 Å². The van der Waals surface area contributed by atoms with Crippen molar-refractivity contribution < 1.29 is 4.74 Å². The van der Waals surface area contributed by atoms with Gasteiger partial charge in [-0.3, -0.25) is 0 Å². The van der Waals surface area contributed by atoms with Crippen molar-refractivity contribution in [1.29, 1.82) is 5.26 Å². The van der Waals surface area contributed by atoms with Gasteiger partial charge in [-0.15, -0.1) is 0 Å². The Balaban J connectivity index is 2.12. The molecule has 6 heteroatoms. The molecular formula is C15H17N5O. The zero-order valence-corrected chi connectivity index (χ0v) is 12.1. The molecule has 0 fully saturated rings. The molecular weight excluding hydrogens is 266 g/mol. The van der Waals surface area contributed by atoms with Crippen LogP contribution in [0.5, 0.6) is 5.75 Å². The van der Waals surface area contributed by atoms with E-state index in [1.54, 1.807) is 19.2 Å². The van der Waals surface area contributed by atoms with Gasteiger partial charge >= 0.3 is 0 Å². The lowest BCUT2D eigenvalue weighted by Crippen LogP contribution is -2.08. The smallest absolute Gasteiger partial charge is 0.204 e. The van der Waals surface area contributed by atoms with Crippen LogP contribution in [-0.4, -0.2) is 23.6 Å². The molecule has 108 valence electrons. The van der Waals surface area contributed by atoms with Gasteiger partial charge in [0.05, 0.1) is 18.7 Å². The van der Waals surface area contributed by atoms with Gasteiger partial charge in [-0.25, -0.2) is 9.97 Å². The largest absolute Gasteiger partial charge is 0.490 e. The number of hydrogen-bond donors (Lipinski definition) is 2. The molecule has 0 atom stereocenters. The molecule has 1 heterocycles. The van der Waals surface area contributed by atoms with Gasteiger partial charge in [-0.2, -0.15) is 5.26 Å². The quantitative estimate of drug-likeness (QED) is 0.847. The topological polar surface area (TPSA) is 82.9 Å². The lowest BCUT2D eigenvalue weighted by Gasteiger charge is -2.13. The molecule has 0 saturated heterocycles. The molecule has 0 aliphatic rings. The van der Waals surface area contributed by atoms with E-state index in [9.17, 15) is 0 Å². The number of benzene rings is 1. The summed E-state index contributed by atoms with van der Waals surface area (Å²) in [5.74, 6) is 1.89. The van der Waals surface area contributed by atoms with Gasteiger partial charge in [0, 0.05) is 13.1 Å². The van der Waals surface area contributed by atoms with Crippen LogP contribution in [0.2, 0.25) is 0 Å². The van der Waals surface area contributed by atoms with Crippen molar-refractivity contribution in [2.45, 2.75) is 13.5 Å². The Morgan fingerprint density at radius 3 is 2.38 bits per heavy atom. The Morgan fingerprint density at radius 1 is 1.14 bits per heavy atom. The van der Waals surface area contributed by atoms with Gasteiger partial charge in [0.25, 0.3) is 0 Å². The summed E-state index contributed by atoms with van der Waals surface area (Å²) in [5.41, 5.74) is 1.70. The van der Waals surface area contributed by atoms with Crippen LogP contribution in [0.15, 0.2) is 30.6 Å². The van der Waals surface area contributed by atoms with E-state index in [0.29, 0.717) is 29.5 Å². The fourth-order valence-corrected chi connectivity index (χ4v) is 1.87. The number of nitrogens with zero attached hydrogens (tertiary/aromatic N) is 3. The maximum Gasteiger partial charge on any atom is 0.204 e. The van der Waals surface area contributed by atoms with Crippen molar-refractivity contribution in [3.05, 3.63) is 41.7 Å².